The van der Waals surface area contributed by atoms with Crippen molar-refractivity contribution in [3.8, 4) is 11.6 Å². The molecule has 1 amide bonds. The third-order valence-electron chi connectivity index (χ3n) is 7.55. The summed E-state index contributed by atoms with van der Waals surface area (Å²) in [5.74, 6) is 1.24. The van der Waals surface area contributed by atoms with E-state index in [2.05, 4.69) is 54.9 Å². The number of ether oxygens (including phenoxy) is 3. The average Bonchev–Trinajstić information content (AvgIpc) is 3.43. The molecule has 0 saturated carbocycles. The quantitative estimate of drug-likeness (QED) is 0.522. The fourth-order valence-corrected chi connectivity index (χ4v) is 5.33. The number of carbonyl (C=O) groups is 1. The van der Waals surface area contributed by atoms with E-state index in [1.807, 2.05) is 30.9 Å². The van der Waals surface area contributed by atoms with Crippen LogP contribution < -0.4 is 9.47 Å². The Labute approximate surface area is 214 Å². The zero-order chi connectivity index (χ0) is 25.5. The molecule has 4 heterocycles. The monoisotopic (exact) mass is 493 g/mol. The lowest BCUT2D eigenvalue weighted by molar-refractivity contribution is -0.00693. The molecule has 0 radical (unpaired) electrons. The number of nitrogens with zero attached hydrogens (tertiary/aromatic N) is 3. The lowest BCUT2D eigenvalue weighted by Crippen LogP contribution is -2.50. The molecule has 2 fully saturated rings. The number of benzene rings is 1. The van der Waals surface area contributed by atoms with Crippen molar-refractivity contribution in [1.29, 1.82) is 0 Å². The number of likely N-dealkylation sites (tertiary alicyclic amines) is 2. The highest BCUT2D eigenvalue weighted by Crippen LogP contribution is 2.36. The van der Waals surface area contributed by atoms with Crippen LogP contribution in [0, 0.1) is 5.41 Å². The van der Waals surface area contributed by atoms with Crippen LogP contribution in [0.2, 0.25) is 0 Å². The van der Waals surface area contributed by atoms with Gasteiger partial charge in [-0.3, -0.25) is 4.90 Å². The Hall–Kier alpha value is -2.80. The fraction of sp³-hybridized carbons (Fsp3) is 0.586. The van der Waals surface area contributed by atoms with E-state index in [4.69, 9.17) is 14.2 Å². The molecule has 7 nitrogen and oxygen atoms in total. The van der Waals surface area contributed by atoms with Crippen LogP contribution in [0.3, 0.4) is 0 Å². The average molecular weight is 494 g/mol. The van der Waals surface area contributed by atoms with Crippen LogP contribution in [-0.4, -0.2) is 58.3 Å². The minimum Gasteiger partial charge on any atom is -0.484 e. The number of amides is 1. The molecule has 0 spiro atoms. The van der Waals surface area contributed by atoms with E-state index >= 15 is 0 Å². The Morgan fingerprint density at radius 3 is 2.53 bits per heavy atom. The molecule has 5 rings (SSSR count). The van der Waals surface area contributed by atoms with Crippen LogP contribution in [0.4, 0.5) is 4.79 Å². The van der Waals surface area contributed by atoms with Gasteiger partial charge in [-0.15, -0.1) is 0 Å². The Balaban J connectivity index is 1.12. The van der Waals surface area contributed by atoms with Crippen molar-refractivity contribution in [3.05, 3.63) is 53.7 Å². The summed E-state index contributed by atoms with van der Waals surface area (Å²) in [7, 11) is 0. The molecule has 1 aromatic heterocycles. The summed E-state index contributed by atoms with van der Waals surface area (Å²) in [5.41, 5.74) is 2.13. The first-order valence-electron chi connectivity index (χ1n) is 13.1. The minimum absolute atomic E-state index is 0.156. The first-order valence-corrected chi connectivity index (χ1v) is 13.1. The number of carbonyl (C=O) groups excluding carboxylic acids is 1. The van der Waals surface area contributed by atoms with Crippen molar-refractivity contribution in [2.24, 2.45) is 5.41 Å². The van der Waals surface area contributed by atoms with E-state index in [1.165, 1.54) is 5.56 Å². The smallest absolute Gasteiger partial charge is 0.410 e. The fourth-order valence-electron chi connectivity index (χ4n) is 5.33. The normalized spacial score (nSPS) is 23.7. The lowest BCUT2D eigenvalue weighted by atomic mass is 9.86. The molecule has 0 aliphatic carbocycles. The van der Waals surface area contributed by atoms with E-state index in [0.717, 1.165) is 44.5 Å². The highest BCUT2D eigenvalue weighted by molar-refractivity contribution is 5.69. The summed E-state index contributed by atoms with van der Waals surface area (Å²) < 4.78 is 17.8. The molecule has 3 aliphatic heterocycles. The summed E-state index contributed by atoms with van der Waals surface area (Å²) in [6.07, 6.45) is 4.32. The predicted molar refractivity (Wildman–Crippen MR) is 138 cm³/mol. The molecular formula is C29H39N3O4. The zero-order valence-electron chi connectivity index (χ0n) is 22.2. The number of piperazine rings is 1. The van der Waals surface area contributed by atoms with Crippen molar-refractivity contribution in [1.82, 2.24) is 14.8 Å². The SMILES string of the molecule is CC(C)(C)CCC(C)(C)OC(=O)N1C[C@@H]2C[C@H]1CN2Cc1ccc([C@H]2COc3cccnc3O2)cc1. The Kier molecular flexibility index (Phi) is 6.62. The molecule has 0 unspecified atom stereocenters. The van der Waals surface area contributed by atoms with Gasteiger partial charge in [0.05, 0.1) is 0 Å². The summed E-state index contributed by atoms with van der Waals surface area (Å²) in [6, 6.07) is 12.9. The molecule has 2 aromatic rings. The van der Waals surface area contributed by atoms with Gasteiger partial charge >= 0.3 is 6.09 Å². The van der Waals surface area contributed by atoms with Crippen LogP contribution >= 0.6 is 0 Å². The summed E-state index contributed by atoms with van der Waals surface area (Å²) in [4.78, 5) is 21.7. The number of fused-ring (bicyclic) bond motifs is 3. The largest absolute Gasteiger partial charge is 0.484 e. The molecule has 2 bridgehead atoms. The molecule has 194 valence electrons. The number of aromatic nitrogens is 1. The summed E-state index contributed by atoms with van der Waals surface area (Å²) in [5, 5.41) is 0. The van der Waals surface area contributed by atoms with Gasteiger partial charge in [0.1, 0.15) is 12.2 Å². The van der Waals surface area contributed by atoms with Gasteiger partial charge < -0.3 is 19.1 Å². The van der Waals surface area contributed by atoms with Crippen molar-refractivity contribution < 1.29 is 19.0 Å². The molecule has 36 heavy (non-hydrogen) atoms. The topological polar surface area (TPSA) is 64.1 Å². The number of pyridine rings is 1. The maximum absolute atomic E-state index is 13.0. The highest BCUT2D eigenvalue weighted by atomic mass is 16.6. The van der Waals surface area contributed by atoms with Crippen LogP contribution in [0.5, 0.6) is 11.6 Å². The molecule has 0 N–H and O–H groups in total. The van der Waals surface area contributed by atoms with Gasteiger partial charge in [0.2, 0.25) is 0 Å². The number of hydrogen-bond acceptors (Lipinski definition) is 6. The van der Waals surface area contributed by atoms with Gasteiger partial charge in [-0.25, -0.2) is 9.78 Å². The van der Waals surface area contributed by atoms with E-state index in [9.17, 15) is 4.79 Å². The Morgan fingerprint density at radius 1 is 1.06 bits per heavy atom. The minimum atomic E-state index is -0.446. The molecular weight excluding hydrogens is 454 g/mol. The van der Waals surface area contributed by atoms with Gasteiger partial charge in [0, 0.05) is 37.9 Å². The van der Waals surface area contributed by atoms with Crippen LogP contribution in [0.1, 0.15) is 71.1 Å². The lowest BCUT2D eigenvalue weighted by Gasteiger charge is -2.36. The van der Waals surface area contributed by atoms with E-state index < -0.39 is 5.60 Å². The van der Waals surface area contributed by atoms with Gasteiger partial charge in [0.25, 0.3) is 5.88 Å². The number of rotatable bonds is 6. The van der Waals surface area contributed by atoms with E-state index in [0.29, 0.717) is 24.3 Å². The third-order valence-corrected chi connectivity index (χ3v) is 7.55. The second kappa shape index (κ2) is 9.58. The van der Waals surface area contributed by atoms with E-state index in [1.54, 1.807) is 6.20 Å². The predicted octanol–water partition coefficient (Wildman–Crippen LogP) is 5.59. The van der Waals surface area contributed by atoms with Gasteiger partial charge in [-0.05, 0) is 61.8 Å². The van der Waals surface area contributed by atoms with Gasteiger partial charge in [-0.2, -0.15) is 0 Å². The highest BCUT2D eigenvalue weighted by Gasteiger charge is 2.46. The Bertz CT molecular complexity index is 1080. The second-order valence-electron chi connectivity index (χ2n) is 12.3. The van der Waals surface area contributed by atoms with Crippen molar-refractivity contribution in [3.63, 3.8) is 0 Å². The van der Waals surface area contributed by atoms with Gasteiger partial charge in [-0.1, -0.05) is 45.0 Å². The van der Waals surface area contributed by atoms with Crippen LogP contribution in [0.25, 0.3) is 0 Å². The first kappa shape index (κ1) is 24.9. The van der Waals surface area contributed by atoms with Crippen molar-refractivity contribution in [2.75, 3.05) is 19.7 Å². The molecule has 3 atom stereocenters. The third kappa shape index (κ3) is 5.61. The molecule has 1 aromatic carbocycles. The maximum atomic E-state index is 13.0. The first-order chi connectivity index (χ1) is 17.1. The van der Waals surface area contributed by atoms with Crippen molar-refractivity contribution >= 4 is 6.09 Å². The summed E-state index contributed by atoms with van der Waals surface area (Å²) >= 11 is 0. The van der Waals surface area contributed by atoms with Crippen LogP contribution in [0.15, 0.2) is 42.6 Å². The standard InChI is InChI=1S/C29H39N3O4/c1-28(2,3)12-13-29(4,5)36-27(33)32-18-22-15-23(32)17-31(22)16-20-8-10-21(11-9-20)25-19-34-24-7-6-14-30-26(24)35-25/h6-11,14,22-23,25H,12-13,15-19H2,1-5H3/t22-,23-,25+/m0/s1. The molecule has 7 heteroatoms. The second-order valence-corrected chi connectivity index (χ2v) is 12.3. The zero-order valence-corrected chi connectivity index (χ0v) is 22.2. The van der Waals surface area contributed by atoms with E-state index in [-0.39, 0.29) is 23.7 Å². The number of hydrogen-bond donors (Lipinski definition) is 0. The maximum Gasteiger partial charge on any atom is 0.410 e. The Morgan fingerprint density at radius 2 is 1.83 bits per heavy atom. The van der Waals surface area contributed by atoms with Gasteiger partial charge in [0.15, 0.2) is 11.9 Å². The van der Waals surface area contributed by atoms with Crippen molar-refractivity contribution in [2.45, 2.75) is 84.2 Å². The summed E-state index contributed by atoms with van der Waals surface area (Å²) in [6.45, 7) is 13.7. The molecule has 2 saturated heterocycles. The molecule has 3 aliphatic rings. The van der Waals surface area contributed by atoms with Crippen LogP contribution in [-0.2, 0) is 11.3 Å².